The molecule has 2 N–H and O–H groups in total. The molecule has 2 nitrogen and oxygen atoms in total. The summed E-state index contributed by atoms with van der Waals surface area (Å²) < 4.78 is 0. The zero-order chi connectivity index (χ0) is 11.2. The van der Waals surface area contributed by atoms with E-state index in [0.29, 0.717) is 6.54 Å². The van der Waals surface area contributed by atoms with Crippen molar-refractivity contribution < 1.29 is 0 Å². The number of nitrogens with two attached hydrogens (primary N) is 1. The van der Waals surface area contributed by atoms with Crippen LogP contribution in [0.3, 0.4) is 0 Å². The van der Waals surface area contributed by atoms with Gasteiger partial charge in [-0.05, 0) is 31.0 Å². The number of halogens is 1. The Morgan fingerprint density at radius 2 is 2.07 bits per heavy atom. The number of rotatable bonds is 6. The molecule has 0 fully saturated rings. The maximum absolute atomic E-state index is 5.71. The molecule has 0 bridgehead atoms. The Morgan fingerprint density at radius 3 is 2.43 bits per heavy atom. The molecule has 0 aromatic carbocycles. The van der Waals surface area contributed by atoms with Gasteiger partial charge >= 0.3 is 0 Å². The Hall–Kier alpha value is -0.0500. The van der Waals surface area contributed by atoms with Gasteiger partial charge in [-0.2, -0.15) is 0 Å². The molecule has 0 aromatic heterocycles. The second-order valence-electron chi connectivity index (χ2n) is 4.63. The standard InChI is InChI=1S/C11H23ClN2/c1-5-14(7-10(2)6-12)9-11(3,4)8-13/h6H,5,7-9,13H2,1-4H3. The second kappa shape index (κ2) is 6.44. The van der Waals surface area contributed by atoms with Crippen molar-refractivity contribution in [2.24, 2.45) is 11.1 Å². The molecular formula is C11H23ClN2. The van der Waals surface area contributed by atoms with Crippen molar-refractivity contribution in [3.63, 3.8) is 0 Å². The molecule has 0 unspecified atom stereocenters. The summed E-state index contributed by atoms with van der Waals surface area (Å²) in [5, 5.41) is 0. The van der Waals surface area contributed by atoms with Crippen LogP contribution in [-0.4, -0.2) is 31.1 Å². The predicted molar refractivity (Wildman–Crippen MR) is 64.6 cm³/mol. The van der Waals surface area contributed by atoms with Crippen LogP contribution in [0.1, 0.15) is 27.7 Å². The molecule has 0 heterocycles. The van der Waals surface area contributed by atoms with Gasteiger partial charge in [0.2, 0.25) is 0 Å². The summed E-state index contributed by atoms with van der Waals surface area (Å²) in [5.41, 5.74) is 8.73. The molecule has 0 aliphatic carbocycles. The van der Waals surface area contributed by atoms with Crippen LogP contribution < -0.4 is 5.73 Å². The van der Waals surface area contributed by atoms with E-state index in [1.165, 1.54) is 5.57 Å². The third-order valence-corrected chi connectivity index (χ3v) is 2.68. The molecule has 0 atom stereocenters. The van der Waals surface area contributed by atoms with E-state index in [-0.39, 0.29) is 5.41 Å². The van der Waals surface area contributed by atoms with Gasteiger partial charge in [-0.3, -0.25) is 4.90 Å². The van der Waals surface area contributed by atoms with Crippen molar-refractivity contribution >= 4 is 11.6 Å². The Kier molecular flexibility index (Phi) is 6.41. The molecule has 0 aliphatic heterocycles. The zero-order valence-corrected chi connectivity index (χ0v) is 10.6. The van der Waals surface area contributed by atoms with Gasteiger partial charge in [0, 0.05) is 18.6 Å². The van der Waals surface area contributed by atoms with Crippen LogP contribution in [0.5, 0.6) is 0 Å². The molecule has 14 heavy (non-hydrogen) atoms. The first-order valence-electron chi connectivity index (χ1n) is 5.13. The maximum Gasteiger partial charge on any atom is 0.0201 e. The minimum absolute atomic E-state index is 0.183. The topological polar surface area (TPSA) is 29.3 Å². The fourth-order valence-electron chi connectivity index (χ4n) is 1.34. The summed E-state index contributed by atoms with van der Waals surface area (Å²) in [6, 6.07) is 0. The Bertz CT molecular complexity index is 188. The lowest BCUT2D eigenvalue weighted by Crippen LogP contribution is -2.39. The van der Waals surface area contributed by atoms with E-state index in [1.54, 1.807) is 5.54 Å². The molecule has 0 aromatic rings. The van der Waals surface area contributed by atoms with Crippen LogP contribution in [0.15, 0.2) is 11.1 Å². The van der Waals surface area contributed by atoms with Crippen molar-refractivity contribution in [1.82, 2.24) is 4.90 Å². The maximum atomic E-state index is 5.71. The molecular weight excluding hydrogens is 196 g/mol. The summed E-state index contributed by atoms with van der Waals surface area (Å²) in [6.07, 6.45) is 0. The summed E-state index contributed by atoms with van der Waals surface area (Å²) in [4.78, 5) is 2.36. The van der Waals surface area contributed by atoms with Gasteiger partial charge in [0.15, 0.2) is 0 Å². The molecule has 0 spiro atoms. The fourth-order valence-corrected chi connectivity index (χ4v) is 1.41. The molecule has 0 rings (SSSR count). The quantitative estimate of drug-likeness (QED) is 0.742. The second-order valence-corrected chi connectivity index (χ2v) is 4.85. The molecule has 0 saturated heterocycles. The third-order valence-electron chi connectivity index (χ3n) is 2.31. The molecule has 0 radical (unpaired) electrons. The number of likely N-dealkylation sites (N-methyl/N-ethyl adjacent to an activating group) is 1. The van der Waals surface area contributed by atoms with Crippen LogP contribution >= 0.6 is 11.6 Å². The van der Waals surface area contributed by atoms with Gasteiger partial charge in [0.25, 0.3) is 0 Å². The first-order valence-corrected chi connectivity index (χ1v) is 5.57. The van der Waals surface area contributed by atoms with E-state index in [0.717, 1.165) is 19.6 Å². The largest absolute Gasteiger partial charge is 0.330 e. The normalized spacial score (nSPS) is 13.8. The van der Waals surface area contributed by atoms with E-state index >= 15 is 0 Å². The van der Waals surface area contributed by atoms with Gasteiger partial charge in [-0.15, -0.1) is 0 Å². The minimum atomic E-state index is 0.183. The predicted octanol–water partition coefficient (Wildman–Crippen LogP) is 2.44. The van der Waals surface area contributed by atoms with E-state index in [2.05, 4.69) is 25.7 Å². The SMILES string of the molecule is CCN(CC(C)=CCl)CC(C)(C)CN. The lowest BCUT2D eigenvalue weighted by Gasteiger charge is -2.31. The van der Waals surface area contributed by atoms with E-state index in [9.17, 15) is 0 Å². The molecule has 84 valence electrons. The molecule has 3 heteroatoms. The monoisotopic (exact) mass is 218 g/mol. The molecule has 0 amide bonds. The smallest absolute Gasteiger partial charge is 0.0201 e. The Morgan fingerprint density at radius 1 is 1.50 bits per heavy atom. The van der Waals surface area contributed by atoms with Gasteiger partial charge in [-0.1, -0.05) is 32.4 Å². The first kappa shape index (κ1) is 13.9. The van der Waals surface area contributed by atoms with Gasteiger partial charge < -0.3 is 5.73 Å². The van der Waals surface area contributed by atoms with Crippen molar-refractivity contribution in [2.75, 3.05) is 26.2 Å². The lowest BCUT2D eigenvalue weighted by atomic mass is 9.93. The zero-order valence-electron chi connectivity index (χ0n) is 9.81. The van der Waals surface area contributed by atoms with Gasteiger partial charge in [0.1, 0.15) is 0 Å². The Labute approximate surface area is 93.1 Å². The number of nitrogens with zero attached hydrogens (tertiary/aromatic N) is 1. The summed E-state index contributed by atoms with van der Waals surface area (Å²) in [7, 11) is 0. The number of hydrogen-bond donors (Lipinski definition) is 1. The summed E-state index contributed by atoms with van der Waals surface area (Å²) in [6.45, 7) is 12.3. The highest BCUT2D eigenvalue weighted by Crippen LogP contribution is 2.15. The summed E-state index contributed by atoms with van der Waals surface area (Å²) in [5.74, 6) is 0. The molecule has 0 saturated carbocycles. The van der Waals surface area contributed by atoms with E-state index in [4.69, 9.17) is 17.3 Å². The highest BCUT2D eigenvalue weighted by molar-refractivity contribution is 6.25. The van der Waals surface area contributed by atoms with Crippen LogP contribution in [0, 0.1) is 5.41 Å². The van der Waals surface area contributed by atoms with Crippen LogP contribution in [0.4, 0.5) is 0 Å². The summed E-state index contributed by atoms with van der Waals surface area (Å²) >= 11 is 5.64. The van der Waals surface area contributed by atoms with Crippen LogP contribution in [0.25, 0.3) is 0 Å². The van der Waals surface area contributed by atoms with Crippen molar-refractivity contribution in [3.05, 3.63) is 11.1 Å². The first-order chi connectivity index (χ1) is 6.45. The minimum Gasteiger partial charge on any atom is -0.330 e. The lowest BCUT2D eigenvalue weighted by molar-refractivity contribution is 0.203. The average molecular weight is 219 g/mol. The van der Waals surface area contributed by atoms with Gasteiger partial charge in [0.05, 0.1) is 0 Å². The van der Waals surface area contributed by atoms with Crippen LogP contribution in [0.2, 0.25) is 0 Å². The van der Waals surface area contributed by atoms with E-state index in [1.807, 2.05) is 6.92 Å². The Balaban J connectivity index is 4.16. The van der Waals surface area contributed by atoms with Crippen molar-refractivity contribution in [1.29, 1.82) is 0 Å². The highest BCUT2D eigenvalue weighted by atomic mass is 35.5. The van der Waals surface area contributed by atoms with E-state index < -0.39 is 0 Å². The number of hydrogen-bond acceptors (Lipinski definition) is 2. The third kappa shape index (κ3) is 5.63. The van der Waals surface area contributed by atoms with Crippen LogP contribution in [-0.2, 0) is 0 Å². The van der Waals surface area contributed by atoms with Gasteiger partial charge in [-0.25, -0.2) is 0 Å². The highest BCUT2D eigenvalue weighted by Gasteiger charge is 2.19. The molecule has 0 aliphatic rings. The van der Waals surface area contributed by atoms with Crippen molar-refractivity contribution in [2.45, 2.75) is 27.7 Å². The van der Waals surface area contributed by atoms with Crippen molar-refractivity contribution in [3.8, 4) is 0 Å². The fraction of sp³-hybridized carbons (Fsp3) is 0.818. The average Bonchev–Trinajstić information content (AvgIpc) is 2.16.